The van der Waals surface area contributed by atoms with E-state index >= 15 is 0 Å². The van der Waals surface area contributed by atoms with E-state index in [9.17, 15) is 19.2 Å². The summed E-state index contributed by atoms with van der Waals surface area (Å²) >= 11 is 0. The smallest absolute Gasteiger partial charge is 0.450 e. The van der Waals surface area contributed by atoms with Crippen LogP contribution in [0.1, 0.15) is 18.9 Å². The van der Waals surface area contributed by atoms with E-state index in [1.54, 1.807) is 37.3 Å². The van der Waals surface area contributed by atoms with Crippen molar-refractivity contribution in [2.24, 2.45) is 0 Å². The topological polar surface area (TPSA) is 122 Å². The summed E-state index contributed by atoms with van der Waals surface area (Å²) in [5, 5.41) is 10.9. The molecule has 1 unspecified atom stereocenters. The molecule has 128 valence electrons. The minimum absolute atomic E-state index is 0.0309. The zero-order valence-corrected chi connectivity index (χ0v) is 12.9. The van der Waals surface area contributed by atoms with E-state index in [0.29, 0.717) is 5.56 Å². The van der Waals surface area contributed by atoms with Crippen molar-refractivity contribution < 1.29 is 33.8 Å². The number of carbonyl (C=O) groups is 4. The summed E-state index contributed by atoms with van der Waals surface area (Å²) in [5.41, 5.74) is -1.60. The SMILES string of the molecule is CCN1C(=O)CC(NC(=O)OCc2ccccc2)(OC(=O)O)C1=O. The Hall–Kier alpha value is -3.10. The van der Waals surface area contributed by atoms with Gasteiger partial charge in [0.1, 0.15) is 6.61 Å². The largest absolute Gasteiger partial charge is 0.508 e. The molecule has 1 atom stereocenters. The van der Waals surface area contributed by atoms with Crippen molar-refractivity contribution in [1.82, 2.24) is 10.2 Å². The Bertz CT molecular complexity index is 661. The molecule has 24 heavy (non-hydrogen) atoms. The molecule has 0 spiro atoms. The number of alkyl carbamates (subject to hydrolysis) is 1. The van der Waals surface area contributed by atoms with E-state index < -0.39 is 36.2 Å². The Balaban J connectivity index is 2.09. The predicted octanol–water partition coefficient (Wildman–Crippen LogP) is 1.08. The molecule has 0 aromatic heterocycles. The molecule has 0 saturated carbocycles. The van der Waals surface area contributed by atoms with Crippen LogP contribution in [0.2, 0.25) is 0 Å². The Morgan fingerprint density at radius 3 is 2.50 bits per heavy atom. The van der Waals surface area contributed by atoms with Gasteiger partial charge in [0.2, 0.25) is 5.91 Å². The lowest BCUT2D eigenvalue weighted by molar-refractivity contribution is -0.149. The van der Waals surface area contributed by atoms with Gasteiger partial charge in [-0.1, -0.05) is 30.3 Å². The molecule has 0 aliphatic carbocycles. The molecular formula is C15H16N2O7. The van der Waals surface area contributed by atoms with Crippen LogP contribution in [0, 0.1) is 0 Å². The summed E-state index contributed by atoms with van der Waals surface area (Å²) in [4.78, 5) is 47.7. The number of ether oxygens (including phenoxy) is 2. The highest BCUT2D eigenvalue weighted by atomic mass is 16.7. The lowest BCUT2D eigenvalue weighted by Gasteiger charge is -2.25. The maximum Gasteiger partial charge on any atom is 0.508 e. The molecule has 3 amide bonds. The van der Waals surface area contributed by atoms with Gasteiger partial charge in [-0.05, 0) is 12.5 Å². The molecule has 1 aliphatic rings. The van der Waals surface area contributed by atoms with E-state index in [2.05, 4.69) is 10.1 Å². The third-order valence-electron chi connectivity index (χ3n) is 3.39. The molecule has 1 fully saturated rings. The number of imide groups is 1. The summed E-state index contributed by atoms with van der Waals surface area (Å²) < 4.78 is 9.47. The first kappa shape index (κ1) is 17.3. The van der Waals surface area contributed by atoms with Crippen LogP contribution in [0.4, 0.5) is 9.59 Å². The molecule has 9 heteroatoms. The summed E-state index contributed by atoms with van der Waals surface area (Å²) in [6.45, 7) is 1.49. The number of rotatable bonds is 5. The van der Waals surface area contributed by atoms with Crippen LogP contribution >= 0.6 is 0 Å². The second-order valence-corrected chi connectivity index (χ2v) is 5.00. The Morgan fingerprint density at radius 1 is 1.29 bits per heavy atom. The quantitative estimate of drug-likeness (QED) is 0.468. The van der Waals surface area contributed by atoms with Crippen molar-refractivity contribution in [3.05, 3.63) is 35.9 Å². The average molecular weight is 336 g/mol. The van der Waals surface area contributed by atoms with E-state index in [-0.39, 0.29) is 13.2 Å². The molecular weight excluding hydrogens is 320 g/mol. The number of carbonyl (C=O) groups excluding carboxylic acids is 3. The molecule has 2 rings (SSSR count). The fourth-order valence-corrected chi connectivity index (χ4v) is 2.31. The molecule has 1 aliphatic heterocycles. The van der Waals surface area contributed by atoms with Crippen molar-refractivity contribution in [3.8, 4) is 0 Å². The summed E-state index contributed by atoms with van der Waals surface area (Å²) in [7, 11) is 0. The third kappa shape index (κ3) is 3.62. The number of hydrogen-bond acceptors (Lipinski definition) is 6. The second-order valence-electron chi connectivity index (χ2n) is 5.00. The number of nitrogens with zero attached hydrogens (tertiary/aromatic N) is 1. The molecule has 1 aromatic carbocycles. The molecule has 0 radical (unpaired) electrons. The maximum absolute atomic E-state index is 12.3. The average Bonchev–Trinajstić information content (AvgIpc) is 2.75. The first-order chi connectivity index (χ1) is 11.4. The molecule has 1 saturated heterocycles. The summed E-state index contributed by atoms with van der Waals surface area (Å²) in [5.74, 6) is -1.60. The van der Waals surface area contributed by atoms with E-state index in [1.807, 2.05) is 0 Å². The summed E-state index contributed by atoms with van der Waals surface area (Å²) in [6, 6.07) is 8.75. The van der Waals surface area contributed by atoms with Gasteiger partial charge in [-0.2, -0.15) is 0 Å². The van der Waals surface area contributed by atoms with Crippen LogP contribution in [0.3, 0.4) is 0 Å². The number of nitrogens with one attached hydrogen (secondary N) is 1. The Morgan fingerprint density at radius 2 is 1.96 bits per heavy atom. The lowest BCUT2D eigenvalue weighted by atomic mass is 10.2. The number of amides is 3. The fourth-order valence-electron chi connectivity index (χ4n) is 2.31. The number of hydrogen-bond donors (Lipinski definition) is 2. The third-order valence-corrected chi connectivity index (χ3v) is 3.39. The van der Waals surface area contributed by atoms with Gasteiger partial charge in [0.15, 0.2) is 0 Å². The zero-order valence-electron chi connectivity index (χ0n) is 12.9. The minimum atomic E-state index is -2.30. The van der Waals surface area contributed by atoms with E-state index in [1.165, 1.54) is 0 Å². The first-order valence-corrected chi connectivity index (χ1v) is 7.13. The maximum atomic E-state index is 12.3. The van der Waals surface area contributed by atoms with Gasteiger partial charge in [-0.3, -0.25) is 19.8 Å². The molecule has 2 N–H and O–H groups in total. The number of likely N-dealkylation sites (N-methyl/N-ethyl adjacent to an activating group) is 1. The number of benzene rings is 1. The van der Waals surface area contributed by atoms with Crippen molar-refractivity contribution >= 4 is 24.1 Å². The minimum Gasteiger partial charge on any atom is -0.450 e. The van der Waals surface area contributed by atoms with Crippen LogP contribution in [-0.4, -0.2) is 46.3 Å². The van der Waals surface area contributed by atoms with Gasteiger partial charge < -0.3 is 14.6 Å². The van der Waals surface area contributed by atoms with Gasteiger partial charge in [0, 0.05) is 6.54 Å². The van der Waals surface area contributed by atoms with Gasteiger partial charge in [0.25, 0.3) is 11.6 Å². The van der Waals surface area contributed by atoms with Crippen molar-refractivity contribution in [2.75, 3.05) is 6.54 Å². The van der Waals surface area contributed by atoms with Gasteiger partial charge in [0.05, 0.1) is 6.42 Å². The zero-order chi connectivity index (χ0) is 17.7. The molecule has 0 bridgehead atoms. The van der Waals surface area contributed by atoms with Crippen molar-refractivity contribution in [1.29, 1.82) is 0 Å². The van der Waals surface area contributed by atoms with Gasteiger partial charge in [-0.15, -0.1) is 0 Å². The standard InChI is InChI=1S/C15H16N2O7/c1-2-17-11(18)8-15(12(17)19,24-14(21)22)16-13(20)23-9-10-6-4-3-5-7-10/h3-7H,2,8-9H2,1H3,(H,16,20)(H,21,22). The van der Waals surface area contributed by atoms with E-state index in [4.69, 9.17) is 9.84 Å². The first-order valence-electron chi connectivity index (χ1n) is 7.13. The molecule has 1 aromatic rings. The number of likely N-dealkylation sites (tertiary alicyclic amines) is 1. The van der Waals surface area contributed by atoms with E-state index in [0.717, 1.165) is 4.90 Å². The second kappa shape index (κ2) is 6.99. The summed E-state index contributed by atoms with van der Waals surface area (Å²) in [6.07, 6.45) is -3.48. The van der Waals surface area contributed by atoms with Crippen LogP contribution in [0.25, 0.3) is 0 Å². The molecule has 9 nitrogen and oxygen atoms in total. The van der Waals surface area contributed by atoms with Crippen LogP contribution in [0.15, 0.2) is 30.3 Å². The number of carboxylic acid groups (broad SMARTS) is 1. The monoisotopic (exact) mass is 336 g/mol. The highest BCUT2D eigenvalue weighted by molar-refractivity contribution is 6.09. The van der Waals surface area contributed by atoms with Crippen LogP contribution in [-0.2, 0) is 25.7 Å². The fraction of sp³-hybridized carbons (Fsp3) is 0.333. The highest BCUT2D eigenvalue weighted by Crippen LogP contribution is 2.26. The lowest BCUT2D eigenvalue weighted by Crippen LogP contribution is -2.57. The van der Waals surface area contributed by atoms with Gasteiger partial charge in [-0.25, -0.2) is 9.59 Å². The van der Waals surface area contributed by atoms with Crippen LogP contribution in [0.5, 0.6) is 0 Å². The van der Waals surface area contributed by atoms with Crippen molar-refractivity contribution in [3.63, 3.8) is 0 Å². The predicted molar refractivity (Wildman–Crippen MR) is 78.6 cm³/mol. The van der Waals surface area contributed by atoms with Gasteiger partial charge >= 0.3 is 12.2 Å². The Kier molecular flexibility index (Phi) is 5.02. The van der Waals surface area contributed by atoms with Crippen LogP contribution < -0.4 is 5.32 Å². The normalized spacial score (nSPS) is 20.0. The molecule has 1 heterocycles. The highest BCUT2D eigenvalue weighted by Gasteiger charge is 2.56. The Labute approximate surface area is 137 Å². The van der Waals surface area contributed by atoms with Crippen molar-refractivity contribution in [2.45, 2.75) is 25.7 Å².